The molecule has 0 spiro atoms. The van der Waals surface area contributed by atoms with Crippen molar-refractivity contribution in [3.8, 4) is 0 Å². The predicted octanol–water partition coefficient (Wildman–Crippen LogP) is 1.40. The van der Waals surface area contributed by atoms with Crippen LogP contribution in [0.2, 0.25) is 0 Å². The van der Waals surface area contributed by atoms with E-state index in [1.54, 1.807) is 4.90 Å². The Balaban J connectivity index is 1.36. The molecule has 0 radical (unpaired) electrons. The SMILES string of the molecule is O=C(c1ccc(N2CCNC2=O)cc1)N1CCC[C@H](CN2CCOCC2)C1. The molecule has 3 amide bonds. The number of amides is 3. The molecule has 1 aromatic carbocycles. The summed E-state index contributed by atoms with van der Waals surface area (Å²) in [5, 5.41) is 2.80. The number of nitrogens with zero attached hydrogens (tertiary/aromatic N) is 3. The molecule has 4 rings (SSSR count). The molecule has 0 unspecified atom stereocenters. The lowest BCUT2D eigenvalue weighted by Crippen LogP contribution is -2.46. The van der Waals surface area contributed by atoms with Crippen molar-refractivity contribution in [1.82, 2.24) is 15.1 Å². The molecule has 3 saturated heterocycles. The Morgan fingerprint density at radius 3 is 2.59 bits per heavy atom. The standard InChI is InChI=1S/C20H28N4O3/c25-19(17-3-5-18(6-4-17)24-9-7-21-20(24)26)23-8-1-2-16(15-23)14-22-10-12-27-13-11-22/h3-6,16H,1-2,7-15H2,(H,21,26)/t16-/m1/s1. The molecule has 3 aliphatic heterocycles. The van der Waals surface area contributed by atoms with Crippen LogP contribution in [0.4, 0.5) is 10.5 Å². The molecule has 0 bridgehead atoms. The summed E-state index contributed by atoms with van der Waals surface area (Å²) >= 11 is 0. The molecule has 1 aromatic rings. The van der Waals surface area contributed by atoms with Gasteiger partial charge in [-0.15, -0.1) is 0 Å². The quantitative estimate of drug-likeness (QED) is 0.868. The van der Waals surface area contributed by atoms with Gasteiger partial charge in [0, 0.05) is 57.1 Å². The van der Waals surface area contributed by atoms with Crippen LogP contribution in [-0.4, -0.2) is 80.8 Å². The van der Waals surface area contributed by atoms with Crippen LogP contribution in [0.25, 0.3) is 0 Å². The highest BCUT2D eigenvalue weighted by molar-refractivity contribution is 5.97. The largest absolute Gasteiger partial charge is 0.379 e. The third kappa shape index (κ3) is 4.25. The number of anilines is 1. The van der Waals surface area contributed by atoms with Gasteiger partial charge in [-0.2, -0.15) is 0 Å². The second-order valence-electron chi connectivity index (χ2n) is 7.60. The Kier molecular flexibility index (Phi) is 5.59. The van der Waals surface area contributed by atoms with Crippen LogP contribution in [0.1, 0.15) is 23.2 Å². The first-order valence-electron chi connectivity index (χ1n) is 9.95. The van der Waals surface area contributed by atoms with E-state index in [0.29, 0.717) is 24.6 Å². The zero-order chi connectivity index (χ0) is 18.6. The number of benzene rings is 1. The lowest BCUT2D eigenvalue weighted by Gasteiger charge is -2.36. The predicted molar refractivity (Wildman–Crippen MR) is 103 cm³/mol. The van der Waals surface area contributed by atoms with E-state index in [4.69, 9.17) is 4.74 Å². The van der Waals surface area contributed by atoms with Crippen LogP contribution in [0.3, 0.4) is 0 Å². The molecule has 3 fully saturated rings. The van der Waals surface area contributed by atoms with E-state index >= 15 is 0 Å². The second-order valence-corrected chi connectivity index (χ2v) is 7.60. The molecule has 27 heavy (non-hydrogen) atoms. The van der Waals surface area contributed by atoms with Crippen LogP contribution < -0.4 is 10.2 Å². The fraction of sp³-hybridized carbons (Fsp3) is 0.600. The fourth-order valence-electron chi connectivity index (χ4n) is 4.23. The maximum Gasteiger partial charge on any atom is 0.321 e. The summed E-state index contributed by atoms with van der Waals surface area (Å²) in [6.45, 7) is 7.66. The van der Waals surface area contributed by atoms with Gasteiger partial charge in [-0.05, 0) is 43.0 Å². The third-order valence-electron chi connectivity index (χ3n) is 5.71. The Hall–Kier alpha value is -2.12. The minimum Gasteiger partial charge on any atom is -0.379 e. The van der Waals surface area contributed by atoms with Gasteiger partial charge >= 0.3 is 6.03 Å². The number of morpholine rings is 1. The average Bonchev–Trinajstić information content (AvgIpc) is 3.14. The van der Waals surface area contributed by atoms with Crippen LogP contribution >= 0.6 is 0 Å². The lowest BCUT2D eigenvalue weighted by atomic mass is 9.96. The lowest BCUT2D eigenvalue weighted by molar-refractivity contribution is 0.0224. The third-order valence-corrected chi connectivity index (χ3v) is 5.71. The van der Waals surface area contributed by atoms with Crippen LogP contribution in [0.5, 0.6) is 0 Å². The van der Waals surface area contributed by atoms with Crippen molar-refractivity contribution in [2.24, 2.45) is 5.92 Å². The molecule has 0 aromatic heterocycles. The van der Waals surface area contributed by atoms with E-state index in [-0.39, 0.29) is 11.9 Å². The molecule has 1 N–H and O–H groups in total. The first kappa shape index (κ1) is 18.3. The number of rotatable bonds is 4. The molecule has 7 heteroatoms. The van der Waals surface area contributed by atoms with Gasteiger partial charge in [-0.3, -0.25) is 14.6 Å². The number of hydrogen-bond donors (Lipinski definition) is 1. The number of hydrogen-bond acceptors (Lipinski definition) is 4. The van der Waals surface area contributed by atoms with E-state index in [9.17, 15) is 9.59 Å². The van der Waals surface area contributed by atoms with Crippen molar-refractivity contribution in [1.29, 1.82) is 0 Å². The number of likely N-dealkylation sites (tertiary alicyclic amines) is 1. The molecule has 3 heterocycles. The maximum atomic E-state index is 12.9. The first-order valence-corrected chi connectivity index (χ1v) is 9.95. The molecular formula is C20H28N4O3. The number of urea groups is 1. The van der Waals surface area contributed by atoms with Gasteiger partial charge in [-0.1, -0.05) is 0 Å². The normalized spacial score (nSPS) is 24.1. The Morgan fingerprint density at radius 1 is 1.11 bits per heavy atom. The monoisotopic (exact) mass is 372 g/mol. The zero-order valence-corrected chi connectivity index (χ0v) is 15.7. The van der Waals surface area contributed by atoms with Gasteiger partial charge < -0.3 is 15.0 Å². The summed E-state index contributed by atoms with van der Waals surface area (Å²) in [6.07, 6.45) is 2.25. The average molecular weight is 372 g/mol. The highest BCUT2D eigenvalue weighted by Gasteiger charge is 2.27. The second kappa shape index (κ2) is 8.27. The van der Waals surface area contributed by atoms with Gasteiger partial charge in [0.25, 0.3) is 5.91 Å². The van der Waals surface area contributed by atoms with Crippen molar-refractivity contribution in [2.75, 3.05) is 63.9 Å². The topological polar surface area (TPSA) is 65.1 Å². The summed E-state index contributed by atoms with van der Waals surface area (Å²) in [7, 11) is 0. The van der Waals surface area contributed by atoms with Gasteiger partial charge in [0.15, 0.2) is 0 Å². The van der Waals surface area contributed by atoms with Crippen molar-refractivity contribution < 1.29 is 14.3 Å². The molecule has 0 aliphatic carbocycles. The number of nitrogens with one attached hydrogen (secondary N) is 1. The van der Waals surface area contributed by atoms with Gasteiger partial charge in [0.05, 0.1) is 13.2 Å². The number of ether oxygens (including phenoxy) is 1. The van der Waals surface area contributed by atoms with E-state index in [2.05, 4.69) is 10.2 Å². The summed E-state index contributed by atoms with van der Waals surface area (Å²) in [6, 6.07) is 7.35. The van der Waals surface area contributed by atoms with Crippen molar-refractivity contribution in [3.63, 3.8) is 0 Å². The van der Waals surface area contributed by atoms with E-state index in [1.165, 1.54) is 6.42 Å². The van der Waals surface area contributed by atoms with Crippen LogP contribution in [-0.2, 0) is 4.74 Å². The minimum absolute atomic E-state index is 0.0731. The highest BCUT2D eigenvalue weighted by Crippen LogP contribution is 2.22. The van der Waals surface area contributed by atoms with Gasteiger partial charge in [-0.25, -0.2) is 4.79 Å². The number of carbonyl (C=O) groups is 2. The summed E-state index contributed by atoms with van der Waals surface area (Å²) < 4.78 is 5.42. The first-order chi connectivity index (χ1) is 13.2. The maximum absolute atomic E-state index is 12.9. The highest BCUT2D eigenvalue weighted by atomic mass is 16.5. The summed E-state index contributed by atoms with van der Waals surface area (Å²) in [4.78, 5) is 30.9. The minimum atomic E-state index is -0.0731. The molecular weight excluding hydrogens is 344 g/mol. The van der Waals surface area contributed by atoms with E-state index < -0.39 is 0 Å². The van der Waals surface area contributed by atoms with Crippen LogP contribution in [0, 0.1) is 5.92 Å². The fourth-order valence-corrected chi connectivity index (χ4v) is 4.23. The summed E-state index contributed by atoms with van der Waals surface area (Å²) in [5.41, 5.74) is 1.54. The van der Waals surface area contributed by atoms with Crippen molar-refractivity contribution in [2.45, 2.75) is 12.8 Å². The summed E-state index contributed by atoms with van der Waals surface area (Å²) in [5.74, 6) is 0.632. The number of carbonyl (C=O) groups excluding carboxylic acids is 2. The molecule has 0 saturated carbocycles. The van der Waals surface area contributed by atoms with Gasteiger partial charge in [0.2, 0.25) is 0 Å². The van der Waals surface area contributed by atoms with Gasteiger partial charge in [0.1, 0.15) is 0 Å². The van der Waals surface area contributed by atoms with Crippen molar-refractivity contribution in [3.05, 3.63) is 29.8 Å². The van der Waals surface area contributed by atoms with E-state index in [1.807, 2.05) is 29.2 Å². The van der Waals surface area contributed by atoms with E-state index in [0.717, 1.165) is 58.0 Å². The smallest absolute Gasteiger partial charge is 0.321 e. The molecule has 3 aliphatic rings. The molecule has 7 nitrogen and oxygen atoms in total. The Labute approximate surface area is 160 Å². The molecule has 146 valence electrons. The number of piperidine rings is 1. The van der Waals surface area contributed by atoms with Crippen molar-refractivity contribution >= 4 is 17.6 Å². The molecule has 1 atom stereocenters. The Bertz CT molecular complexity index is 672. The van der Waals surface area contributed by atoms with Crippen LogP contribution in [0.15, 0.2) is 24.3 Å². The Morgan fingerprint density at radius 2 is 1.89 bits per heavy atom. The zero-order valence-electron chi connectivity index (χ0n) is 15.7.